The van der Waals surface area contributed by atoms with Crippen LogP contribution < -0.4 is 10.2 Å². The predicted octanol–water partition coefficient (Wildman–Crippen LogP) is 3.99. The van der Waals surface area contributed by atoms with Gasteiger partial charge in [0, 0.05) is 24.5 Å². The number of alkyl halides is 3. The van der Waals surface area contributed by atoms with E-state index in [9.17, 15) is 23.1 Å². The molecule has 0 saturated carbocycles. The van der Waals surface area contributed by atoms with Crippen LogP contribution in [-0.2, 0) is 4.79 Å². The van der Waals surface area contributed by atoms with E-state index in [1.54, 1.807) is 32.0 Å². The SMILES string of the molecule is Cc1nc2cc(NC(=O)CSc3nc(N(C)CC(O)C(F)(F)F)sc3C)ccc2o1. The van der Waals surface area contributed by atoms with Gasteiger partial charge in [0.25, 0.3) is 0 Å². The number of anilines is 2. The number of oxazole rings is 1. The number of aliphatic hydroxyl groups excluding tert-OH is 1. The number of aliphatic hydroxyl groups is 1. The molecule has 1 amide bonds. The van der Waals surface area contributed by atoms with E-state index in [4.69, 9.17) is 4.42 Å². The Morgan fingerprint density at radius 2 is 2.10 bits per heavy atom. The summed E-state index contributed by atoms with van der Waals surface area (Å²) in [5.41, 5.74) is 1.85. The molecule has 1 unspecified atom stereocenters. The van der Waals surface area contributed by atoms with Gasteiger partial charge < -0.3 is 19.7 Å². The zero-order valence-electron chi connectivity index (χ0n) is 16.3. The fraction of sp³-hybridized carbons (Fsp3) is 0.389. The van der Waals surface area contributed by atoms with Crippen molar-refractivity contribution in [2.24, 2.45) is 0 Å². The van der Waals surface area contributed by atoms with E-state index in [-0.39, 0.29) is 11.7 Å². The summed E-state index contributed by atoms with van der Waals surface area (Å²) in [5.74, 6) is 0.357. The van der Waals surface area contributed by atoms with Crippen molar-refractivity contribution in [1.29, 1.82) is 0 Å². The number of thioether (sulfide) groups is 1. The highest BCUT2D eigenvalue weighted by atomic mass is 32.2. The number of nitrogens with zero attached hydrogens (tertiary/aromatic N) is 3. The number of thiazole rings is 1. The quantitative estimate of drug-likeness (QED) is 0.515. The van der Waals surface area contributed by atoms with Gasteiger partial charge in [0.2, 0.25) is 5.91 Å². The number of hydrogen-bond donors (Lipinski definition) is 2. The Balaban J connectivity index is 1.57. The van der Waals surface area contributed by atoms with Crippen LogP contribution in [0.2, 0.25) is 0 Å². The minimum absolute atomic E-state index is 0.0782. The molecule has 1 atom stereocenters. The van der Waals surface area contributed by atoms with Gasteiger partial charge in [0.05, 0.1) is 12.3 Å². The van der Waals surface area contributed by atoms with E-state index >= 15 is 0 Å². The standard InChI is InChI=1S/C18H19F3N4O3S2/c1-9-16(24-17(30-9)25(3)7-14(26)18(19,20)21)29-8-15(27)23-11-4-5-13-12(6-11)22-10(2)28-13/h4-6,14,26H,7-8H2,1-3H3,(H,23,27). The van der Waals surface area contributed by atoms with E-state index in [2.05, 4.69) is 15.3 Å². The molecule has 0 aliphatic rings. The van der Waals surface area contributed by atoms with Crippen molar-refractivity contribution in [2.45, 2.75) is 31.2 Å². The maximum atomic E-state index is 12.5. The Labute approximate surface area is 178 Å². The summed E-state index contributed by atoms with van der Waals surface area (Å²) >= 11 is 2.39. The van der Waals surface area contributed by atoms with Crippen molar-refractivity contribution in [3.05, 3.63) is 29.0 Å². The molecule has 0 radical (unpaired) electrons. The third-order valence-corrected chi connectivity index (χ3v) is 6.30. The zero-order valence-corrected chi connectivity index (χ0v) is 17.9. The summed E-state index contributed by atoms with van der Waals surface area (Å²) in [6.07, 6.45) is -7.15. The first-order chi connectivity index (χ1) is 14.0. The van der Waals surface area contributed by atoms with Gasteiger partial charge in [-0.2, -0.15) is 13.2 Å². The van der Waals surface area contributed by atoms with Gasteiger partial charge in [0.1, 0.15) is 10.5 Å². The summed E-state index contributed by atoms with van der Waals surface area (Å²) in [7, 11) is 1.43. The highest BCUT2D eigenvalue weighted by Crippen LogP contribution is 2.32. The zero-order chi connectivity index (χ0) is 22.1. The minimum Gasteiger partial charge on any atom is -0.441 e. The Kier molecular flexibility index (Phi) is 6.58. The molecule has 0 saturated heterocycles. The molecular formula is C18H19F3N4O3S2. The van der Waals surface area contributed by atoms with Gasteiger partial charge >= 0.3 is 6.18 Å². The Hall–Kier alpha value is -2.31. The molecule has 162 valence electrons. The Morgan fingerprint density at radius 3 is 2.80 bits per heavy atom. The Morgan fingerprint density at radius 1 is 1.37 bits per heavy atom. The van der Waals surface area contributed by atoms with Gasteiger partial charge in [0.15, 0.2) is 22.7 Å². The molecule has 3 aromatic rings. The number of rotatable bonds is 7. The van der Waals surface area contributed by atoms with Crippen LogP contribution in [0, 0.1) is 13.8 Å². The molecule has 12 heteroatoms. The number of hydrogen-bond acceptors (Lipinski definition) is 8. The third-order valence-electron chi connectivity index (χ3n) is 4.01. The number of carbonyl (C=O) groups is 1. The lowest BCUT2D eigenvalue weighted by atomic mass is 10.3. The van der Waals surface area contributed by atoms with Crippen molar-refractivity contribution in [2.75, 3.05) is 29.6 Å². The first kappa shape index (κ1) is 22.4. The van der Waals surface area contributed by atoms with Crippen molar-refractivity contribution >= 4 is 50.9 Å². The van der Waals surface area contributed by atoms with Crippen LogP contribution in [0.5, 0.6) is 0 Å². The lowest BCUT2D eigenvalue weighted by Gasteiger charge is -2.21. The monoisotopic (exact) mass is 460 g/mol. The van der Waals surface area contributed by atoms with Gasteiger partial charge in [-0.3, -0.25) is 4.79 Å². The number of benzene rings is 1. The number of carbonyl (C=O) groups excluding carboxylic acids is 1. The summed E-state index contributed by atoms with van der Waals surface area (Å²) in [5, 5.41) is 12.9. The third kappa shape index (κ3) is 5.43. The van der Waals surface area contributed by atoms with Crippen LogP contribution in [0.4, 0.5) is 24.0 Å². The van der Waals surface area contributed by atoms with E-state index in [1.165, 1.54) is 35.0 Å². The average Bonchev–Trinajstić information content (AvgIpc) is 3.20. The van der Waals surface area contributed by atoms with Crippen molar-refractivity contribution in [3.8, 4) is 0 Å². The first-order valence-electron chi connectivity index (χ1n) is 8.76. The summed E-state index contributed by atoms with van der Waals surface area (Å²) < 4.78 is 43.0. The number of halogens is 3. The second-order valence-corrected chi connectivity index (χ2v) is 8.69. The topological polar surface area (TPSA) is 91.5 Å². The highest BCUT2D eigenvalue weighted by molar-refractivity contribution is 8.00. The van der Waals surface area contributed by atoms with Crippen LogP contribution in [0.25, 0.3) is 11.1 Å². The van der Waals surface area contributed by atoms with Gasteiger partial charge in [-0.1, -0.05) is 11.8 Å². The Bertz CT molecular complexity index is 1050. The molecule has 7 nitrogen and oxygen atoms in total. The second-order valence-electron chi connectivity index (χ2n) is 6.55. The van der Waals surface area contributed by atoms with Gasteiger partial charge in [-0.05, 0) is 25.1 Å². The molecule has 30 heavy (non-hydrogen) atoms. The molecule has 0 bridgehead atoms. The normalized spacial score (nSPS) is 12.9. The van der Waals surface area contributed by atoms with Crippen LogP contribution in [0.3, 0.4) is 0 Å². The van der Waals surface area contributed by atoms with E-state index in [0.29, 0.717) is 32.8 Å². The number of likely N-dealkylation sites (N-methyl/N-ethyl adjacent to an activating group) is 1. The fourth-order valence-corrected chi connectivity index (χ4v) is 4.39. The van der Waals surface area contributed by atoms with E-state index < -0.39 is 18.8 Å². The van der Waals surface area contributed by atoms with Gasteiger partial charge in [-0.25, -0.2) is 9.97 Å². The number of fused-ring (bicyclic) bond motifs is 1. The number of nitrogens with one attached hydrogen (secondary N) is 1. The molecule has 2 N–H and O–H groups in total. The van der Waals surface area contributed by atoms with E-state index in [0.717, 1.165) is 4.88 Å². The van der Waals surface area contributed by atoms with Crippen LogP contribution >= 0.6 is 23.1 Å². The summed E-state index contributed by atoms with van der Waals surface area (Å²) in [6, 6.07) is 5.14. The van der Waals surface area contributed by atoms with Gasteiger partial charge in [-0.15, -0.1) is 11.3 Å². The van der Waals surface area contributed by atoms with Crippen molar-refractivity contribution in [1.82, 2.24) is 9.97 Å². The lowest BCUT2D eigenvalue weighted by molar-refractivity contribution is -0.200. The highest BCUT2D eigenvalue weighted by Gasteiger charge is 2.39. The number of amides is 1. The lowest BCUT2D eigenvalue weighted by Crippen LogP contribution is -2.39. The number of aromatic nitrogens is 2. The molecular weight excluding hydrogens is 441 g/mol. The maximum absolute atomic E-state index is 12.5. The van der Waals surface area contributed by atoms with Crippen LogP contribution in [0.15, 0.2) is 27.6 Å². The first-order valence-corrected chi connectivity index (χ1v) is 10.6. The average molecular weight is 461 g/mol. The van der Waals surface area contributed by atoms with Crippen molar-refractivity contribution < 1.29 is 27.5 Å². The second kappa shape index (κ2) is 8.82. The largest absolute Gasteiger partial charge is 0.441 e. The van der Waals surface area contributed by atoms with Crippen molar-refractivity contribution in [3.63, 3.8) is 0 Å². The molecule has 3 rings (SSSR count). The smallest absolute Gasteiger partial charge is 0.416 e. The fourth-order valence-electron chi connectivity index (χ4n) is 2.56. The van der Waals surface area contributed by atoms with Crippen LogP contribution in [-0.4, -0.2) is 52.6 Å². The molecule has 0 spiro atoms. The predicted molar refractivity (Wildman–Crippen MR) is 110 cm³/mol. The molecule has 0 aliphatic heterocycles. The molecule has 0 fully saturated rings. The molecule has 2 heterocycles. The molecule has 0 aliphatic carbocycles. The maximum Gasteiger partial charge on any atom is 0.416 e. The van der Waals surface area contributed by atoms with Crippen LogP contribution in [0.1, 0.15) is 10.8 Å². The minimum atomic E-state index is -4.69. The molecule has 2 aromatic heterocycles. The molecule has 1 aromatic carbocycles. The van der Waals surface area contributed by atoms with E-state index in [1.807, 2.05) is 0 Å². The summed E-state index contributed by atoms with van der Waals surface area (Å²) in [6.45, 7) is 2.89. The number of aryl methyl sites for hydroxylation is 2. The summed E-state index contributed by atoms with van der Waals surface area (Å²) in [4.78, 5) is 22.8.